The smallest absolute Gasteiger partial charge is 0.244 e. The van der Waals surface area contributed by atoms with Crippen molar-refractivity contribution in [3.63, 3.8) is 0 Å². The normalized spacial score (nSPS) is 12.2. The van der Waals surface area contributed by atoms with Crippen LogP contribution in [0.3, 0.4) is 0 Å². The molecule has 2 amide bonds. The summed E-state index contributed by atoms with van der Waals surface area (Å²) in [5, 5.41) is 2.90. The average Bonchev–Trinajstić information content (AvgIpc) is 2.89. The maximum absolute atomic E-state index is 14.8. The maximum Gasteiger partial charge on any atom is 0.244 e. The number of carbonyl (C=O) groups excluding carboxylic acids is 2. The molecule has 3 rings (SSSR count). The van der Waals surface area contributed by atoms with Gasteiger partial charge in [-0.15, -0.1) is 0 Å². The van der Waals surface area contributed by atoms with E-state index in [-0.39, 0.29) is 30.1 Å². The fraction of sp³-hybridized carbons (Fsp3) is 0.310. The molecule has 1 N–H and O–H groups in total. The minimum atomic E-state index is -3.90. The fourth-order valence-corrected chi connectivity index (χ4v) is 5.51. The number of anilines is 1. The SMILES string of the molecule is CC(C)CNC(=O)[C@H](Cc1ccccc1)N(Cc1ccccc1F)C(=O)CN(c1ccccc1Br)S(C)(=O)=O. The van der Waals surface area contributed by atoms with Crippen LogP contribution in [0, 0.1) is 11.7 Å². The van der Waals surface area contributed by atoms with Crippen LogP contribution >= 0.6 is 15.9 Å². The molecule has 0 aliphatic rings. The summed E-state index contributed by atoms with van der Waals surface area (Å²) in [4.78, 5) is 28.8. The highest BCUT2D eigenvalue weighted by molar-refractivity contribution is 9.10. The molecule has 0 heterocycles. The standard InChI is InChI=1S/C29H33BrFN3O4S/c1-21(2)18-32-29(36)27(17-22-11-5-4-6-12-22)33(19-23-13-7-9-15-25(23)31)28(35)20-34(39(3,37)38)26-16-10-8-14-24(26)30/h4-16,21,27H,17-20H2,1-3H3,(H,32,36)/t27-/m0/s1. The second-order valence-corrected chi connectivity index (χ2v) is 12.4. The van der Waals surface area contributed by atoms with Crippen LogP contribution in [0.2, 0.25) is 0 Å². The molecule has 0 aromatic heterocycles. The van der Waals surface area contributed by atoms with E-state index >= 15 is 0 Å². The zero-order valence-electron chi connectivity index (χ0n) is 22.2. The number of nitrogens with one attached hydrogen (secondary N) is 1. The van der Waals surface area contributed by atoms with Crippen molar-refractivity contribution in [2.45, 2.75) is 32.9 Å². The highest BCUT2D eigenvalue weighted by atomic mass is 79.9. The summed E-state index contributed by atoms with van der Waals surface area (Å²) in [6.45, 7) is 3.51. The number of sulfonamides is 1. The number of carbonyl (C=O) groups is 2. The number of benzene rings is 3. The molecule has 0 aliphatic carbocycles. The third-order valence-corrected chi connectivity index (χ3v) is 7.85. The Labute approximate surface area is 238 Å². The van der Waals surface area contributed by atoms with Gasteiger partial charge in [0, 0.05) is 29.5 Å². The molecule has 0 unspecified atom stereocenters. The van der Waals surface area contributed by atoms with Gasteiger partial charge in [0.05, 0.1) is 11.9 Å². The van der Waals surface area contributed by atoms with Crippen molar-refractivity contribution in [3.8, 4) is 0 Å². The van der Waals surface area contributed by atoms with Gasteiger partial charge in [-0.1, -0.05) is 74.5 Å². The molecule has 0 bridgehead atoms. The predicted molar refractivity (Wildman–Crippen MR) is 155 cm³/mol. The third kappa shape index (κ3) is 8.63. The van der Waals surface area contributed by atoms with Crippen LogP contribution in [0.4, 0.5) is 10.1 Å². The van der Waals surface area contributed by atoms with Gasteiger partial charge in [0.15, 0.2) is 0 Å². The molecule has 0 saturated heterocycles. The van der Waals surface area contributed by atoms with Crippen molar-refractivity contribution in [3.05, 3.63) is 100 Å². The Morgan fingerprint density at radius 3 is 2.18 bits per heavy atom. The third-order valence-electron chi connectivity index (χ3n) is 6.05. The van der Waals surface area contributed by atoms with Gasteiger partial charge < -0.3 is 10.2 Å². The van der Waals surface area contributed by atoms with Crippen molar-refractivity contribution < 1.29 is 22.4 Å². The van der Waals surface area contributed by atoms with Gasteiger partial charge in [0.2, 0.25) is 21.8 Å². The molecular weight excluding hydrogens is 585 g/mol. The highest BCUT2D eigenvalue weighted by Gasteiger charge is 2.33. The van der Waals surface area contributed by atoms with Crippen LogP contribution in [0.15, 0.2) is 83.3 Å². The lowest BCUT2D eigenvalue weighted by atomic mass is 10.0. The highest BCUT2D eigenvalue weighted by Crippen LogP contribution is 2.28. The van der Waals surface area contributed by atoms with Gasteiger partial charge in [0.1, 0.15) is 18.4 Å². The molecule has 208 valence electrons. The molecule has 7 nitrogen and oxygen atoms in total. The molecule has 0 aliphatic heterocycles. The van der Waals surface area contributed by atoms with Crippen LogP contribution in [-0.2, 0) is 32.6 Å². The molecule has 3 aromatic rings. The number of para-hydroxylation sites is 1. The summed E-state index contributed by atoms with van der Waals surface area (Å²) >= 11 is 3.37. The number of rotatable bonds is 12. The Kier molecular flexibility index (Phi) is 10.7. The van der Waals surface area contributed by atoms with E-state index in [2.05, 4.69) is 21.2 Å². The molecule has 0 spiro atoms. The van der Waals surface area contributed by atoms with E-state index in [0.717, 1.165) is 16.1 Å². The number of nitrogens with zero attached hydrogens (tertiary/aromatic N) is 2. The molecule has 0 saturated carbocycles. The summed E-state index contributed by atoms with van der Waals surface area (Å²) in [5.41, 5.74) is 1.30. The van der Waals surface area contributed by atoms with E-state index in [1.165, 1.54) is 11.0 Å². The van der Waals surface area contributed by atoms with E-state index in [9.17, 15) is 22.4 Å². The predicted octanol–water partition coefficient (Wildman–Crippen LogP) is 4.77. The molecule has 0 radical (unpaired) electrons. The maximum atomic E-state index is 14.8. The van der Waals surface area contributed by atoms with Crippen LogP contribution in [0.1, 0.15) is 25.0 Å². The van der Waals surface area contributed by atoms with Crippen molar-refractivity contribution >= 4 is 43.5 Å². The zero-order chi connectivity index (χ0) is 28.6. The molecule has 1 atom stereocenters. The largest absolute Gasteiger partial charge is 0.354 e. The number of hydrogen-bond acceptors (Lipinski definition) is 4. The number of halogens is 2. The molecule has 0 fully saturated rings. The first-order valence-electron chi connectivity index (χ1n) is 12.5. The fourth-order valence-electron chi connectivity index (χ4n) is 4.04. The Morgan fingerprint density at radius 1 is 0.949 bits per heavy atom. The second kappa shape index (κ2) is 13.7. The van der Waals surface area contributed by atoms with Crippen molar-refractivity contribution in [2.75, 3.05) is 23.7 Å². The first-order valence-corrected chi connectivity index (χ1v) is 15.2. The monoisotopic (exact) mass is 617 g/mol. The van der Waals surface area contributed by atoms with Gasteiger partial charge in [-0.05, 0) is 45.6 Å². The van der Waals surface area contributed by atoms with Gasteiger partial charge >= 0.3 is 0 Å². The lowest BCUT2D eigenvalue weighted by Crippen LogP contribution is -2.53. The lowest BCUT2D eigenvalue weighted by molar-refractivity contribution is -0.140. The molecular formula is C29H33BrFN3O4S. The van der Waals surface area contributed by atoms with Crippen LogP contribution < -0.4 is 9.62 Å². The Hall–Kier alpha value is -3.24. The van der Waals surface area contributed by atoms with E-state index in [0.29, 0.717) is 11.0 Å². The first-order chi connectivity index (χ1) is 18.5. The second-order valence-electron chi connectivity index (χ2n) is 9.68. The molecule has 39 heavy (non-hydrogen) atoms. The summed E-state index contributed by atoms with van der Waals surface area (Å²) in [6.07, 6.45) is 1.18. The van der Waals surface area contributed by atoms with E-state index < -0.39 is 40.2 Å². The minimum absolute atomic E-state index is 0.165. The topological polar surface area (TPSA) is 86.8 Å². The van der Waals surface area contributed by atoms with Crippen LogP contribution in [-0.4, -0.2) is 50.5 Å². The van der Waals surface area contributed by atoms with E-state index in [1.807, 2.05) is 44.2 Å². The zero-order valence-corrected chi connectivity index (χ0v) is 24.6. The van der Waals surface area contributed by atoms with E-state index in [4.69, 9.17) is 0 Å². The molecule has 10 heteroatoms. The van der Waals surface area contributed by atoms with Crippen LogP contribution in [0.5, 0.6) is 0 Å². The Balaban J connectivity index is 2.06. The summed E-state index contributed by atoms with van der Waals surface area (Å²) in [7, 11) is -3.90. The van der Waals surface area contributed by atoms with Gasteiger partial charge in [-0.2, -0.15) is 0 Å². The van der Waals surface area contributed by atoms with Crippen molar-refractivity contribution in [1.82, 2.24) is 10.2 Å². The Bertz CT molecular complexity index is 1390. The van der Waals surface area contributed by atoms with Crippen molar-refractivity contribution in [2.24, 2.45) is 5.92 Å². The lowest BCUT2D eigenvalue weighted by Gasteiger charge is -2.34. The number of hydrogen-bond donors (Lipinski definition) is 1. The van der Waals surface area contributed by atoms with E-state index in [1.54, 1.807) is 42.5 Å². The van der Waals surface area contributed by atoms with Crippen LogP contribution in [0.25, 0.3) is 0 Å². The van der Waals surface area contributed by atoms with Gasteiger partial charge in [-0.25, -0.2) is 12.8 Å². The summed E-state index contributed by atoms with van der Waals surface area (Å²) in [5.74, 6) is -1.40. The molecule has 3 aromatic carbocycles. The first kappa shape index (κ1) is 30.3. The van der Waals surface area contributed by atoms with Gasteiger partial charge in [-0.3, -0.25) is 13.9 Å². The summed E-state index contributed by atoms with van der Waals surface area (Å²) < 4.78 is 41.9. The number of amides is 2. The summed E-state index contributed by atoms with van der Waals surface area (Å²) in [6, 6.07) is 20.9. The minimum Gasteiger partial charge on any atom is -0.354 e. The van der Waals surface area contributed by atoms with Crippen molar-refractivity contribution in [1.29, 1.82) is 0 Å². The Morgan fingerprint density at radius 2 is 1.56 bits per heavy atom. The average molecular weight is 619 g/mol. The van der Waals surface area contributed by atoms with Gasteiger partial charge in [0.25, 0.3) is 0 Å². The quantitative estimate of drug-likeness (QED) is 0.317.